The van der Waals surface area contributed by atoms with Crippen LogP contribution in [0, 0.1) is 5.82 Å². The number of likely N-dealkylation sites (tertiary alicyclic amines) is 1. The SMILES string of the molecule is CC(NC(=O)C(CC(=O)N1CCCC[C@@H]1C)NC(=O)N(C)Cc1ccccc1)c1nc2c(F)cccc2[nH]1. The smallest absolute Gasteiger partial charge is 0.318 e. The van der Waals surface area contributed by atoms with E-state index in [9.17, 15) is 18.8 Å². The molecule has 1 saturated heterocycles. The molecule has 3 aromatic rings. The minimum Gasteiger partial charge on any atom is -0.345 e. The molecule has 202 valence electrons. The Kier molecular flexibility index (Phi) is 8.60. The zero-order valence-corrected chi connectivity index (χ0v) is 22.0. The molecule has 3 N–H and O–H groups in total. The summed E-state index contributed by atoms with van der Waals surface area (Å²) in [6.07, 6.45) is 2.72. The number of para-hydroxylation sites is 1. The molecule has 2 unspecified atom stereocenters. The standard InChI is InChI=1S/C28H35FN6O3/c1-18-10-7-8-15-35(18)24(36)16-23(32-28(38)34(3)17-20-11-5-4-6-12-20)27(37)30-19(2)26-31-22-14-9-13-21(29)25(22)33-26/h4-6,9,11-14,18-19,23H,7-8,10,15-17H2,1-3H3,(H,30,37)(H,31,33)(H,32,38)/t18-,19?,23?/m0/s1. The minimum absolute atomic E-state index is 0.0841. The highest BCUT2D eigenvalue weighted by Crippen LogP contribution is 2.20. The molecule has 2 aromatic carbocycles. The van der Waals surface area contributed by atoms with E-state index in [0.717, 1.165) is 24.8 Å². The lowest BCUT2D eigenvalue weighted by atomic mass is 10.0. The number of H-pyrrole nitrogens is 1. The maximum atomic E-state index is 14.1. The molecular weight excluding hydrogens is 487 g/mol. The van der Waals surface area contributed by atoms with E-state index in [1.165, 1.54) is 11.0 Å². The number of halogens is 1. The van der Waals surface area contributed by atoms with E-state index < -0.39 is 29.8 Å². The molecular formula is C28H35FN6O3. The fourth-order valence-corrected chi connectivity index (χ4v) is 4.76. The Morgan fingerprint density at radius 1 is 1.13 bits per heavy atom. The van der Waals surface area contributed by atoms with Crippen molar-refractivity contribution in [2.24, 2.45) is 0 Å². The van der Waals surface area contributed by atoms with Crippen molar-refractivity contribution in [3.05, 3.63) is 65.7 Å². The molecule has 0 aliphatic carbocycles. The van der Waals surface area contributed by atoms with Gasteiger partial charge in [-0.2, -0.15) is 0 Å². The van der Waals surface area contributed by atoms with Crippen LogP contribution in [0.15, 0.2) is 48.5 Å². The zero-order valence-electron chi connectivity index (χ0n) is 22.0. The minimum atomic E-state index is -1.09. The lowest BCUT2D eigenvalue weighted by Crippen LogP contribution is -2.53. The highest BCUT2D eigenvalue weighted by atomic mass is 19.1. The van der Waals surface area contributed by atoms with Crippen LogP contribution in [0.4, 0.5) is 9.18 Å². The largest absolute Gasteiger partial charge is 0.345 e. The predicted molar refractivity (Wildman–Crippen MR) is 142 cm³/mol. The Balaban J connectivity index is 1.48. The number of aromatic amines is 1. The van der Waals surface area contributed by atoms with Crippen molar-refractivity contribution in [2.75, 3.05) is 13.6 Å². The van der Waals surface area contributed by atoms with Crippen LogP contribution in [0.25, 0.3) is 11.0 Å². The van der Waals surface area contributed by atoms with Crippen LogP contribution in [0.5, 0.6) is 0 Å². The maximum Gasteiger partial charge on any atom is 0.318 e. The van der Waals surface area contributed by atoms with Gasteiger partial charge in [-0.05, 0) is 50.8 Å². The first-order valence-electron chi connectivity index (χ1n) is 13.0. The summed E-state index contributed by atoms with van der Waals surface area (Å²) >= 11 is 0. The van der Waals surface area contributed by atoms with E-state index in [2.05, 4.69) is 20.6 Å². The second kappa shape index (κ2) is 12.1. The van der Waals surface area contributed by atoms with Gasteiger partial charge in [0.15, 0.2) is 5.82 Å². The summed E-state index contributed by atoms with van der Waals surface area (Å²) in [5.74, 6) is -0.781. The number of imidazole rings is 1. The van der Waals surface area contributed by atoms with E-state index in [1.807, 2.05) is 37.3 Å². The summed E-state index contributed by atoms with van der Waals surface area (Å²) in [6, 6.07) is 12.0. The summed E-state index contributed by atoms with van der Waals surface area (Å²) in [5.41, 5.74) is 1.64. The first kappa shape index (κ1) is 27.1. The molecule has 0 spiro atoms. The highest BCUT2D eigenvalue weighted by molar-refractivity contribution is 5.92. The van der Waals surface area contributed by atoms with Gasteiger partial charge in [0, 0.05) is 26.2 Å². The first-order chi connectivity index (χ1) is 18.2. The van der Waals surface area contributed by atoms with Gasteiger partial charge in [-0.15, -0.1) is 0 Å². The number of aromatic nitrogens is 2. The number of nitrogens with one attached hydrogen (secondary N) is 3. The molecule has 1 aliphatic heterocycles. The average molecular weight is 523 g/mol. The molecule has 0 radical (unpaired) electrons. The van der Waals surface area contributed by atoms with E-state index >= 15 is 0 Å². The van der Waals surface area contributed by atoms with Crippen molar-refractivity contribution in [3.63, 3.8) is 0 Å². The van der Waals surface area contributed by atoms with Gasteiger partial charge in [-0.1, -0.05) is 36.4 Å². The number of hydrogen-bond donors (Lipinski definition) is 3. The lowest BCUT2D eigenvalue weighted by Gasteiger charge is -2.34. The Labute approximate surface area is 221 Å². The first-order valence-corrected chi connectivity index (χ1v) is 13.0. The highest BCUT2D eigenvalue weighted by Gasteiger charge is 2.31. The van der Waals surface area contributed by atoms with Crippen LogP contribution in [0.2, 0.25) is 0 Å². The van der Waals surface area contributed by atoms with Gasteiger partial charge < -0.3 is 25.4 Å². The van der Waals surface area contributed by atoms with Crippen molar-refractivity contribution in [2.45, 2.75) is 64.2 Å². The van der Waals surface area contributed by atoms with E-state index in [4.69, 9.17) is 0 Å². The maximum absolute atomic E-state index is 14.1. The number of carbonyl (C=O) groups is 3. The molecule has 1 aromatic heterocycles. The number of piperidine rings is 1. The van der Waals surface area contributed by atoms with Gasteiger partial charge in [-0.25, -0.2) is 14.2 Å². The topological polar surface area (TPSA) is 110 Å². The van der Waals surface area contributed by atoms with Crippen molar-refractivity contribution in [3.8, 4) is 0 Å². The number of amides is 4. The van der Waals surface area contributed by atoms with Crippen LogP contribution in [-0.4, -0.2) is 63.3 Å². The van der Waals surface area contributed by atoms with Gasteiger partial charge in [0.25, 0.3) is 0 Å². The number of rotatable bonds is 8. The second-order valence-electron chi connectivity index (χ2n) is 9.97. The van der Waals surface area contributed by atoms with Gasteiger partial charge in [0.2, 0.25) is 11.8 Å². The quantitative estimate of drug-likeness (QED) is 0.417. The Hall–Kier alpha value is -3.95. The van der Waals surface area contributed by atoms with Crippen LogP contribution < -0.4 is 10.6 Å². The molecule has 2 heterocycles. The summed E-state index contributed by atoms with van der Waals surface area (Å²) in [6.45, 7) is 4.69. The molecule has 9 nitrogen and oxygen atoms in total. The fourth-order valence-electron chi connectivity index (χ4n) is 4.76. The molecule has 1 fully saturated rings. The molecule has 3 atom stereocenters. The molecule has 1 aliphatic rings. The van der Waals surface area contributed by atoms with E-state index in [0.29, 0.717) is 24.4 Å². The number of carbonyl (C=O) groups excluding carboxylic acids is 3. The number of urea groups is 1. The monoisotopic (exact) mass is 522 g/mol. The van der Waals surface area contributed by atoms with Gasteiger partial charge in [0.1, 0.15) is 17.4 Å². The summed E-state index contributed by atoms with van der Waals surface area (Å²) in [5, 5.41) is 5.58. The normalized spacial score (nSPS) is 17.1. The number of hydrogen-bond acceptors (Lipinski definition) is 4. The van der Waals surface area contributed by atoms with Gasteiger partial charge >= 0.3 is 6.03 Å². The third-order valence-electron chi connectivity index (χ3n) is 6.98. The molecule has 0 saturated carbocycles. The molecule has 4 rings (SSSR count). The predicted octanol–water partition coefficient (Wildman–Crippen LogP) is 3.88. The molecule has 0 bridgehead atoms. The van der Waals surface area contributed by atoms with Crippen molar-refractivity contribution < 1.29 is 18.8 Å². The number of nitrogens with zero attached hydrogens (tertiary/aromatic N) is 3. The molecule has 38 heavy (non-hydrogen) atoms. The van der Waals surface area contributed by atoms with E-state index in [1.54, 1.807) is 31.0 Å². The van der Waals surface area contributed by atoms with E-state index in [-0.39, 0.29) is 23.9 Å². The second-order valence-corrected chi connectivity index (χ2v) is 9.97. The van der Waals surface area contributed by atoms with Crippen molar-refractivity contribution in [1.82, 2.24) is 30.4 Å². The Morgan fingerprint density at radius 2 is 1.89 bits per heavy atom. The number of benzene rings is 2. The van der Waals surface area contributed by atoms with Crippen molar-refractivity contribution in [1.29, 1.82) is 0 Å². The zero-order chi connectivity index (χ0) is 27.2. The average Bonchev–Trinajstić information content (AvgIpc) is 3.35. The number of fused-ring (bicyclic) bond motifs is 1. The fraction of sp³-hybridized carbons (Fsp3) is 0.429. The summed E-state index contributed by atoms with van der Waals surface area (Å²) in [4.78, 5) is 50.2. The molecule has 4 amide bonds. The summed E-state index contributed by atoms with van der Waals surface area (Å²) in [7, 11) is 1.64. The lowest BCUT2D eigenvalue weighted by molar-refractivity contribution is -0.137. The Bertz CT molecular complexity index is 1280. The third-order valence-corrected chi connectivity index (χ3v) is 6.98. The van der Waals surface area contributed by atoms with Crippen LogP contribution >= 0.6 is 0 Å². The Morgan fingerprint density at radius 3 is 2.61 bits per heavy atom. The summed E-state index contributed by atoms with van der Waals surface area (Å²) < 4.78 is 14.1. The van der Waals surface area contributed by atoms with Crippen LogP contribution in [-0.2, 0) is 16.1 Å². The third kappa shape index (κ3) is 6.48. The molecule has 10 heteroatoms. The van der Waals surface area contributed by atoms with Crippen LogP contribution in [0.1, 0.15) is 57.0 Å². The van der Waals surface area contributed by atoms with Gasteiger partial charge in [-0.3, -0.25) is 9.59 Å². The van der Waals surface area contributed by atoms with Gasteiger partial charge in [0.05, 0.1) is 18.0 Å². The van der Waals surface area contributed by atoms with Crippen molar-refractivity contribution >= 4 is 28.9 Å². The van der Waals surface area contributed by atoms with Crippen LogP contribution in [0.3, 0.4) is 0 Å².